The van der Waals surface area contributed by atoms with Crippen molar-refractivity contribution in [1.29, 1.82) is 0 Å². The Kier molecular flexibility index (Phi) is 5.09. The smallest absolute Gasteiger partial charge is 0.221 e. The van der Waals surface area contributed by atoms with Crippen LogP contribution in [0.25, 0.3) is 0 Å². The summed E-state index contributed by atoms with van der Waals surface area (Å²) in [5.41, 5.74) is 0.412. The van der Waals surface area contributed by atoms with Crippen LogP contribution in [0.3, 0.4) is 0 Å². The summed E-state index contributed by atoms with van der Waals surface area (Å²) in [5, 5.41) is 6.06. The Hall–Kier alpha value is -0.570. The van der Waals surface area contributed by atoms with Gasteiger partial charge in [-0.2, -0.15) is 0 Å². The molecular weight excluding hydrogens is 188 g/mol. The molecule has 0 heterocycles. The Balaban J connectivity index is 2.25. The predicted octanol–water partition coefficient (Wildman–Crippen LogP) is 1.68. The second kappa shape index (κ2) is 6.11. The highest BCUT2D eigenvalue weighted by Crippen LogP contribution is 2.40. The van der Waals surface area contributed by atoms with Crippen molar-refractivity contribution in [3.8, 4) is 0 Å². The van der Waals surface area contributed by atoms with E-state index in [0.29, 0.717) is 11.8 Å². The van der Waals surface area contributed by atoms with Gasteiger partial charge in [0.2, 0.25) is 5.91 Å². The fraction of sp³-hybridized carbons (Fsp3) is 0.917. The first kappa shape index (κ1) is 12.5. The van der Waals surface area contributed by atoms with Gasteiger partial charge in [0, 0.05) is 19.5 Å². The molecule has 0 unspecified atom stereocenters. The first-order valence-electron chi connectivity index (χ1n) is 6.14. The average Bonchev–Trinajstić information content (AvgIpc) is 2.73. The van der Waals surface area contributed by atoms with Gasteiger partial charge in [0.1, 0.15) is 0 Å². The van der Waals surface area contributed by atoms with E-state index in [1.807, 2.05) is 7.05 Å². The molecule has 1 fully saturated rings. The number of carbonyl (C=O) groups is 1. The quantitative estimate of drug-likeness (QED) is 0.703. The van der Waals surface area contributed by atoms with Crippen LogP contribution < -0.4 is 10.6 Å². The summed E-state index contributed by atoms with van der Waals surface area (Å²) in [7, 11) is 1.87. The van der Waals surface area contributed by atoms with Crippen LogP contribution in [0.5, 0.6) is 0 Å². The van der Waals surface area contributed by atoms with E-state index in [-0.39, 0.29) is 5.91 Å². The van der Waals surface area contributed by atoms with E-state index in [9.17, 15) is 4.79 Å². The summed E-state index contributed by atoms with van der Waals surface area (Å²) in [5.74, 6) is 0.184. The normalized spacial score (nSPS) is 19.1. The number of carbonyl (C=O) groups excluding carboxylic acids is 1. The first-order chi connectivity index (χ1) is 7.22. The monoisotopic (exact) mass is 212 g/mol. The third-order valence-electron chi connectivity index (χ3n) is 3.68. The molecule has 0 atom stereocenters. The molecule has 1 saturated carbocycles. The van der Waals surface area contributed by atoms with Gasteiger partial charge in [0.25, 0.3) is 0 Å². The lowest BCUT2D eigenvalue weighted by Crippen LogP contribution is -2.36. The minimum absolute atomic E-state index is 0.184. The summed E-state index contributed by atoms with van der Waals surface area (Å²) >= 11 is 0. The lowest BCUT2D eigenvalue weighted by Gasteiger charge is -2.27. The van der Waals surface area contributed by atoms with Crippen molar-refractivity contribution in [2.24, 2.45) is 5.41 Å². The SMILES string of the molecule is CCC1(CNC(=O)CCNC)CCCC1. The zero-order valence-corrected chi connectivity index (χ0v) is 10.1. The second-order valence-corrected chi connectivity index (χ2v) is 4.69. The van der Waals surface area contributed by atoms with Crippen molar-refractivity contribution in [2.45, 2.75) is 45.4 Å². The molecule has 0 aliphatic heterocycles. The van der Waals surface area contributed by atoms with E-state index in [0.717, 1.165) is 13.1 Å². The fourth-order valence-electron chi connectivity index (χ4n) is 2.39. The van der Waals surface area contributed by atoms with E-state index < -0.39 is 0 Å². The van der Waals surface area contributed by atoms with Gasteiger partial charge < -0.3 is 10.6 Å². The van der Waals surface area contributed by atoms with E-state index in [1.165, 1.54) is 32.1 Å². The van der Waals surface area contributed by atoms with Crippen LogP contribution in [0.2, 0.25) is 0 Å². The molecule has 88 valence electrons. The summed E-state index contributed by atoms with van der Waals surface area (Å²) in [4.78, 5) is 11.5. The van der Waals surface area contributed by atoms with Crippen molar-refractivity contribution in [2.75, 3.05) is 20.1 Å². The maximum absolute atomic E-state index is 11.5. The predicted molar refractivity (Wildman–Crippen MR) is 62.7 cm³/mol. The summed E-state index contributed by atoms with van der Waals surface area (Å²) in [6, 6.07) is 0. The van der Waals surface area contributed by atoms with Crippen molar-refractivity contribution < 1.29 is 4.79 Å². The van der Waals surface area contributed by atoms with Crippen LogP contribution in [0, 0.1) is 5.41 Å². The van der Waals surface area contributed by atoms with Gasteiger partial charge in [-0.1, -0.05) is 19.8 Å². The first-order valence-corrected chi connectivity index (χ1v) is 6.14. The van der Waals surface area contributed by atoms with Crippen molar-refractivity contribution in [3.63, 3.8) is 0 Å². The third kappa shape index (κ3) is 3.82. The minimum atomic E-state index is 0.184. The van der Waals surface area contributed by atoms with Crippen molar-refractivity contribution in [3.05, 3.63) is 0 Å². The highest BCUT2D eigenvalue weighted by atomic mass is 16.1. The maximum atomic E-state index is 11.5. The van der Waals surface area contributed by atoms with Crippen LogP contribution in [0.15, 0.2) is 0 Å². The van der Waals surface area contributed by atoms with Crippen LogP contribution in [0.1, 0.15) is 45.4 Å². The Morgan fingerprint density at radius 3 is 2.53 bits per heavy atom. The minimum Gasteiger partial charge on any atom is -0.356 e. The molecule has 0 aromatic carbocycles. The van der Waals surface area contributed by atoms with E-state index in [4.69, 9.17) is 0 Å². The number of rotatable bonds is 6. The molecule has 3 nitrogen and oxygen atoms in total. The lowest BCUT2D eigenvalue weighted by atomic mass is 9.83. The van der Waals surface area contributed by atoms with Crippen LogP contribution >= 0.6 is 0 Å². The molecule has 1 aliphatic carbocycles. The van der Waals surface area contributed by atoms with Gasteiger partial charge in [-0.15, -0.1) is 0 Å². The van der Waals surface area contributed by atoms with Crippen molar-refractivity contribution >= 4 is 5.91 Å². The molecular formula is C12H24N2O. The Morgan fingerprint density at radius 1 is 1.33 bits per heavy atom. The standard InChI is InChI=1S/C12H24N2O/c1-3-12(7-4-5-8-12)10-14-11(15)6-9-13-2/h13H,3-10H2,1-2H3,(H,14,15). The Labute approximate surface area is 93.0 Å². The highest BCUT2D eigenvalue weighted by molar-refractivity contribution is 5.76. The molecule has 1 amide bonds. The number of hydrogen-bond acceptors (Lipinski definition) is 2. The molecule has 0 radical (unpaired) electrons. The molecule has 0 bridgehead atoms. The van der Waals surface area contributed by atoms with E-state index >= 15 is 0 Å². The molecule has 0 aromatic heterocycles. The van der Waals surface area contributed by atoms with Gasteiger partial charge >= 0.3 is 0 Å². The van der Waals surface area contributed by atoms with Crippen LogP contribution in [0.4, 0.5) is 0 Å². The zero-order valence-electron chi connectivity index (χ0n) is 10.1. The molecule has 3 heteroatoms. The summed E-state index contributed by atoms with van der Waals surface area (Å²) in [6.45, 7) is 3.89. The molecule has 15 heavy (non-hydrogen) atoms. The van der Waals surface area contributed by atoms with Crippen molar-refractivity contribution in [1.82, 2.24) is 10.6 Å². The second-order valence-electron chi connectivity index (χ2n) is 4.69. The Bertz CT molecular complexity index is 198. The molecule has 1 aliphatic rings. The average molecular weight is 212 g/mol. The fourth-order valence-corrected chi connectivity index (χ4v) is 2.39. The Morgan fingerprint density at radius 2 is 2.00 bits per heavy atom. The van der Waals surface area contributed by atoms with Gasteiger partial charge in [0.05, 0.1) is 0 Å². The largest absolute Gasteiger partial charge is 0.356 e. The molecule has 0 spiro atoms. The van der Waals surface area contributed by atoms with Crippen LogP contribution in [-0.4, -0.2) is 26.0 Å². The maximum Gasteiger partial charge on any atom is 0.221 e. The van der Waals surface area contributed by atoms with Gasteiger partial charge in [0.15, 0.2) is 0 Å². The number of hydrogen-bond donors (Lipinski definition) is 2. The molecule has 2 N–H and O–H groups in total. The topological polar surface area (TPSA) is 41.1 Å². The molecule has 0 saturated heterocycles. The molecule has 1 rings (SSSR count). The van der Waals surface area contributed by atoms with Crippen LogP contribution in [-0.2, 0) is 4.79 Å². The molecule has 0 aromatic rings. The summed E-state index contributed by atoms with van der Waals surface area (Å²) in [6.07, 6.45) is 7.03. The zero-order chi connectivity index (χ0) is 11.1. The van der Waals surface area contributed by atoms with E-state index in [1.54, 1.807) is 0 Å². The summed E-state index contributed by atoms with van der Waals surface area (Å²) < 4.78 is 0. The third-order valence-corrected chi connectivity index (χ3v) is 3.68. The lowest BCUT2D eigenvalue weighted by molar-refractivity contribution is -0.121. The van der Waals surface area contributed by atoms with E-state index in [2.05, 4.69) is 17.6 Å². The number of amides is 1. The van der Waals surface area contributed by atoms with Gasteiger partial charge in [-0.05, 0) is 31.7 Å². The van der Waals surface area contributed by atoms with Gasteiger partial charge in [-0.25, -0.2) is 0 Å². The van der Waals surface area contributed by atoms with Gasteiger partial charge in [-0.3, -0.25) is 4.79 Å². The highest BCUT2D eigenvalue weighted by Gasteiger charge is 2.31. The number of nitrogens with one attached hydrogen (secondary N) is 2.